The summed E-state index contributed by atoms with van der Waals surface area (Å²) in [5.41, 5.74) is 0. The fraction of sp³-hybridized carbons (Fsp3) is 0.667. The van der Waals surface area contributed by atoms with Crippen molar-refractivity contribution >= 4 is 11.8 Å². The van der Waals surface area contributed by atoms with Gasteiger partial charge in [-0.15, -0.1) is 0 Å². The fourth-order valence-electron chi connectivity index (χ4n) is 1.73. The maximum atomic E-state index is 11.4. The summed E-state index contributed by atoms with van der Waals surface area (Å²) in [6.45, 7) is 1.65. The quantitative estimate of drug-likeness (QED) is 0.472. The molecule has 0 saturated carbocycles. The van der Waals surface area contributed by atoms with Gasteiger partial charge in [0.25, 0.3) is 0 Å². The molecule has 5 nitrogen and oxygen atoms in total. The van der Waals surface area contributed by atoms with Crippen molar-refractivity contribution in [2.45, 2.75) is 50.9 Å². The zero-order valence-electron chi connectivity index (χ0n) is 9.83. The number of rotatable bonds is 0. The molecule has 0 aromatic rings. The van der Waals surface area contributed by atoms with Gasteiger partial charge in [-0.3, -0.25) is 9.59 Å². The first-order valence-electron chi connectivity index (χ1n) is 5.71. The van der Waals surface area contributed by atoms with E-state index in [-0.39, 0.29) is 31.5 Å². The van der Waals surface area contributed by atoms with E-state index in [1.807, 2.05) is 0 Å². The SMILES string of the molecule is C[C@@H]1C[C@@H](O)CC(=O)C/C=C/[C@@H](O)CC(=O)O1. The lowest BCUT2D eigenvalue weighted by atomic mass is 10.0. The predicted octanol–water partition coefficient (Wildman–Crippen LogP) is 0.339. The Hall–Kier alpha value is -1.20. The highest BCUT2D eigenvalue weighted by atomic mass is 16.5. The highest BCUT2D eigenvalue weighted by Gasteiger charge is 2.19. The van der Waals surface area contributed by atoms with Gasteiger partial charge >= 0.3 is 5.97 Å². The number of carbonyl (C=O) groups is 2. The van der Waals surface area contributed by atoms with Crippen LogP contribution in [-0.2, 0) is 14.3 Å². The number of esters is 1. The summed E-state index contributed by atoms with van der Waals surface area (Å²) >= 11 is 0. The molecule has 0 aromatic heterocycles. The van der Waals surface area contributed by atoms with Crippen molar-refractivity contribution in [3.63, 3.8) is 0 Å². The van der Waals surface area contributed by atoms with Gasteiger partial charge in [0, 0.05) is 19.3 Å². The highest BCUT2D eigenvalue weighted by molar-refractivity contribution is 5.80. The van der Waals surface area contributed by atoms with Crippen LogP contribution < -0.4 is 0 Å². The predicted molar refractivity (Wildman–Crippen MR) is 60.2 cm³/mol. The number of Topliss-reactive ketones (excluding diaryl/α,β-unsaturated/α-hetero) is 1. The van der Waals surface area contributed by atoms with Crippen LogP contribution in [0.15, 0.2) is 12.2 Å². The molecule has 0 spiro atoms. The first-order valence-corrected chi connectivity index (χ1v) is 5.71. The lowest BCUT2D eigenvalue weighted by molar-refractivity contribution is -0.151. The summed E-state index contributed by atoms with van der Waals surface area (Å²) in [7, 11) is 0. The molecule has 96 valence electrons. The summed E-state index contributed by atoms with van der Waals surface area (Å²) in [4.78, 5) is 22.7. The van der Waals surface area contributed by atoms with Gasteiger partial charge in [0.05, 0.1) is 18.6 Å². The molecule has 1 aliphatic rings. The lowest BCUT2D eigenvalue weighted by Gasteiger charge is -2.18. The van der Waals surface area contributed by atoms with E-state index in [1.54, 1.807) is 6.92 Å². The molecule has 0 amide bonds. The number of ketones is 1. The van der Waals surface area contributed by atoms with Crippen molar-refractivity contribution in [2.24, 2.45) is 0 Å². The molecule has 0 aromatic carbocycles. The molecule has 0 radical (unpaired) electrons. The normalized spacial score (nSPS) is 34.4. The zero-order chi connectivity index (χ0) is 12.8. The van der Waals surface area contributed by atoms with Gasteiger partial charge in [0.1, 0.15) is 11.9 Å². The monoisotopic (exact) mass is 242 g/mol. The van der Waals surface area contributed by atoms with Crippen molar-refractivity contribution in [1.29, 1.82) is 0 Å². The summed E-state index contributed by atoms with van der Waals surface area (Å²) in [5, 5.41) is 19.0. The highest BCUT2D eigenvalue weighted by Crippen LogP contribution is 2.11. The number of aliphatic hydroxyl groups excluding tert-OH is 2. The standard InChI is InChI=1S/C12H18O5/c1-8-5-11(15)6-9(13)3-2-4-10(14)7-12(16)17-8/h2,4,8,10-11,14-15H,3,5-7H2,1H3/b4-2+/t8-,10-,11-/m1/s1. The number of cyclic esters (lactones) is 1. The Kier molecular flexibility index (Phi) is 5.31. The number of aliphatic hydroxyl groups is 2. The third-order valence-corrected chi connectivity index (χ3v) is 2.48. The van der Waals surface area contributed by atoms with Gasteiger partial charge in [0.15, 0.2) is 0 Å². The molecule has 0 aliphatic carbocycles. The Morgan fingerprint density at radius 3 is 2.71 bits per heavy atom. The second-order valence-electron chi connectivity index (χ2n) is 4.34. The van der Waals surface area contributed by atoms with Crippen LogP contribution in [0.4, 0.5) is 0 Å². The Labute approximate surface area is 100 Å². The van der Waals surface area contributed by atoms with Gasteiger partial charge in [-0.2, -0.15) is 0 Å². The average Bonchev–Trinajstić information content (AvgIpc) is 2.14. The molecular weight excluding hydrogens is 224 g/mol. The summed E-state index contributed by atoms with van der Waals surface area (Å²) < 4.78 is 5.00. The second kappa shape index (κ2) is 6.51. The van der Waals surface area contributed by atoms with Crippen LogP contribution in [0.3, 0.4) is 0 Å². The van der Waals surface area contributed by atoms with Crippen molar-refractivity contribution in [2.75, 3.05) is 0 Å². The van der Waals surface area contributed by atoms with E-state index >= 15 is 0 Å². The van der Waals surface area contributed by atoms with Crippen LogP contribution in [0, 0.1) is 0 Å². The number of carbonyl (C=O) groups excluding carboxylic acids is 2. The van der Waals surface area contributed by atoms with Crippen LogP contribution in [0.2, 0.25) is 0 Å². The molecular formula is C12H18O5. The van der Waals surface area contributed by atoms with E-state index in [1.165, 1.54) is 12.2 Å². The molecule has 3 atom stereocenters. The molecule has 0 unspecified atom stereocenters. The Morgan fingerprint density at radius 1 is 1.29 bits per heavy atom. The Balaban J connectivity index is 2.67. The van der Waals surface area contributed by atoms with Crippen LogP contribution >= 0.6 is 0 Å². The van der Waals surface area contributed by atoms with Gasteiger partial charge in [-0.1, -0.05) is 12.2 Å². The minimum absolute atomic E-state index is 0.0440. The Morgan fingerprint density at radius 2 is 2.00 bits per heavy atom. The van der Waals surface area contributed by atoms with E-state index in [0.29, 0.717) is 0 Å². The first-order chi connectivity index (χ1) is 7.97. The third-order valence-electron chi connectivity index (χ3n) is 2.48. The van der Waals surface area contributed by atoms with E-state index in [2.05, 4.69) is 0 Å². The van der Waals surface area contributed by atoms with Crippen molar-refractivity contribution in [1.82, 2.24) is 0 Å². The largest absolute Gasteiger partial charge is 0.462 e. The van der Waals surface area contributed by atoms with Gasteiger partial charge in [-0.05, 0) is 6.92 Å². The number of allylic oxidation sites excluding steroid dienone is 1. The van der Waals surface area contributed by atoms with Crippen LogP contribution in [0.25, 0.3) is 0 Å². The molecule has 0 saturated heterocycles. The maximum Gasteiger partial charge on any atom is 0.309 e. The zero-order valence-corrected chi connectivity index (χ0v) is 9.83. The van der Waals surface area contributed by atoms with E-state index in [9.17, 15) is 19.8 Å². The first kappa shape index (κ1) is 13.9. The Bertz CT molecular complexity index is 310. The minimum atomic E-state index is -0.924. The van der Waals surface area contributed by atoms with E-state index in [0.717, 1.165) is 0 Å². The van der Waals surface area contributed by atoms with Crippen LogP contribution in [0.1, 0.15) is 32.6 Å². The molecule has 1 rings (SSSR count). The molecule has 17 heavy (non-hydrogen) atoms. The average molecular weight is 242 g/mol. The van der Waals surface area contributed by atoms with Gasteiger partial charge in [-0.25, -0.2) is 0 Å². The smallest absolute Gasteiger partial charge is 0.309 e. The van der Waals surface area contributed by atoms with E-state index < -0.39 is 24.3 Å². The molecule has 0 bridgehead atoms. The van der Waals surface area contributed by atoms with Crippen molar-refractivity contribution in [3.8, 4) is 0 Å². The number of hydrogen-bond donors (Lipinski definition) is 2. The van der Waals surface area contributed by atoms with Crippen LogP contribution in [0.5, 0.6) is 0 Å². The number of hydrogen-bond acceptors (Lipinski definition) is 5. The van der Waals surface area contributed by atoms with Crippen molar-refractivity contribution < 1.29 is 24.5 Å². The fourth-order valence-corrected chi connectivity index (χ4v) is 1.73. The van der Waals surface area contributed by atoms with Gasteiger partial charge < -0.3 is 14.9 Å². The molecule has 2 N–H and O–H groups in total. The molecule has 0 fully saturated rings. The summed E-state index contributed by atoms with van der Waals surface area (Å²) in [5.74, 6) is -0.603. The van der Waals surface area contributed by atoms with Crippen molar-refractivity contribution in [3.05, 3.63) is 12.2 Å². The minimum Gasteiger partial charge on any atom is -0.462 e. The molecule has 1 heterocycles. The molecule has 5 heteroatoms. The maximum absolute atomic E-state index is 11.4. The third kappa shape index (κ3) is 5.60. The summed E-state index contributed by atoms with van der Waals surface area (Å²) in [6, 6.07) is 0. The van der Waals surface area contributed by atoms with Gasteiger partial charge in [0.2, 0.25) is 0 Å². The lowest BCUT2D eigenvalue weighted by Crippen LogP contribution is -2.25. The van der Waals surface area contributed by atoms with Crippen LogP contribution in [-0.4, -0.2) is 40.3 Å². The molecule has 1 aliphatic heterocycles. The second-order valence-corrected chi connectivity index (χ2v) is 4.34. The summed E-state index contributed by atoms with van der Waals surface area (Å²) in [6.07, 6.45) is 1.05. The topological polar surface area (TPSA) is 83.8 Å². The van der Waals surface area contributed by atoms with E-state index in [4.69, 9.17) is 4.74 Å². The number of ether oxygens (including phenoxy) is 1.